The summed E-state index contributed by atoms with van der Waals surface area (Å²) >= 11 is 0. The molecule has 10 nitrogen and oxygen atoms in total. The Morgan fingerprint density at radius 3 is 2.43 bits per heavy atom. The molecule has 3 aromatic carbocycles. The number of carbonyl (C=O) groups is 2. The van der Waals surface area contributed by atoms with E-state index in [0.29, 0.717) is 42.1 Å². The molecule has 2 heterocycles. The standard InChI is InChI=1S/C35H38FN5O5/c1-20-24(23-15-29(36)27(31(16-23)46-5)18-37-17-22-12-13-38-32(42)14-22)8-6-9-25(20)26-10-7-11-30(21(26)2)39-33(43)28-19-40(3)35(45)41(4)34(28)44/h6-11,15-16,19,22,37H,12-14,17-18H2,1-5H3,(H,38,42)(H,39,43). The molecule has 1 atom stereocenters. The van der Waals surface area contributed by atoms with Gasteiger partial charge >= 0.3 is 5.69 Å². The summed E-state index contributed by atoms with van der Waals surface area (Å²) < 4.78 is 23.3. The van der Waals surface area contributed by atoms with Crippen LogP contribution in [-0.2, 0) is 25.4 Å². The van der Waals surface area contributed by atoms with Crippen LogP contribution >= 0.6 is 0 Å². The van der Waals surface area contributed by atoms with Gasteiger partial charge in [-0.05, 0) is 84.3 Å². The predicted molar refractivity (Wildman–Crippen MR) is 176 cm³/mol. The van der Waals surface area contributed by atoms with Gasteiger partial charge in [-0.15, -0.1) is 0 Å². The first kappa shape index (κ1) is 32.4. The number of piperidine rings is 1. The molecule has 46 heavy (non-hydrogen) atoms. The summed E-state index contributed by atoms with van der Waals surface area (Å²) in [5, 5.41) is 8.95. The number of carbonyl (C=O) groups excluding carboxylic acids is 2. The van der Waals surface area contributed by atoms with Gasteiger partial charge in [-0.25, -0.2) is 9.18 Å². The minimum Gasteiger partial charge on any atom is -0.496 e. The number of ether oxygens (including phenoxy) is 1. The fourth-order valence-electron chi connectivity index (χ4n) is 6.00. The van der Waals surface area contributed by atoms with E-state index in [-0.39, 0.29) is 23.9 Å². The molecule has 5 rings (SSSR count). The van der Waals surface area contributed by atoms with Crippen molar-refractivity contribution < 1.29 is 18.7 Å². The second kappa shape index (κ2) is 13.5. The van der Waals surface area contributed by atoms with E-state index in [4.69, 9.17) is 4.74 Å². The zero-order valence-electron chi connectivity index (χ0n) is 26.6. The van der Waals surface area contributed by atoms with Crippen molar-refractivity contribution in [3.63, 3.8) is 0 Å². The van der Waals surface area contributed by atoms with Crippen LogP contribution in [0.25, 0.3) is 22.3 Å². The number of halogens is 1. The Balaban J connectivity index is 1.41. The van der Waals surface area contributed by atoms with Gasteiger partial charge in [0, 0.05) is 51.1 Å². The molecule has 0 aliphatic carbocycles. The zero-order chi connectivity index (χ0) is 33.1. The largest absolute Gasteiger partial charge is 0.496 e. The number of nitrogens with zero attached hydrogens (tertiary/aromatic N) is 2. The third-order valence-corrected chi connectivity index (χ3v) is 8.67. The van der Waals surface area contributed by atoms with Gasteiger partial charge in [-0.1, -0.05) is 30.3 Å². The molecule has 1 aliphatic heterocycles. The molecule has 1 unspecified atom stereocenters. The van der Waals surface area contributed by atoms with E-state index in [0.717, 1.165) is 38.8 Å². The average molecular weight is 628 g/mol. The normalized spacial score (nSPS) is 14.6. The van der Waals surface area contributed by atoms with Crippen LogP contribution in [-0.4, -0.2) is 41.1 Å². The summed E-state index contributed by atoms with van der Waals surface area (Å²) in [5.41, 5.74) is 4.51. The number of anilines is 1. The molecule has 240 valence electrons. The Morgan fingerprint density at radius 1 is 1.02 bits per heavy atom. The molecular formula is C35H38FN5O5. The van der Waals surface area contributed by atoms with Crippen molar-refractivity contribution in [3.8, 4) is 28.0 Å². The molecule has 3 N–H and O–H groups in total. The highest BCUT2D eigenvalue weighted by Crippen LogP contribution is 2.37. The second-order valence-electron chi connectivity index (χ2n) is 11.7. The van der Waals surface area contributed by atoms with E-state index in [1.807, 2.05) is 50.2 Å². The van der Waals surface area contributed by atoms with Gasteiger partial charge in [0.1, 0.15) is 17.1 Å². The van der Waals surface area contributed by atoms with Gasteiger partial charge in [0.15, 0.2) is 0 Å². The Labute approximate surface area is 266 Å². The summed E-state index contributed by atoms with van der Waals surface area (Å²) in [5.74, 6) is -0.326. The Hall–Kier alpha value is -5.03. The topological polar surface area (TPSA) is 123 Å². The maximum absolute atomic E-state index is 15.6. The highest BCUT2D eigenvalue weighted by Gasteiger charge is 2.21. The number of amides is 2. The number of hydrogen-bond donors (Lipinski definition) is 3. The van der Waals surface area contributed by atoms with Crippen LogP contribution in [0.15, 0.2) is 64.3 Å². The van der Waals surface area contributed by atoms with Crippen LogP contribution in [0.2, 0.25) is 0 Å². The van der Waals surface area contributed by atoms with E-state index < -0.39 is 23.0 Å². The number of hydrogen-bond acceptors (Lipinski definition) is 6. The summed E-state index contributed by atoms with van der Waals surface area (Å²) in [7, 11) is 4.33. The van der Waals surface area contributed by atoms with E-state index in [1.165, 1.54) is 38.0 Å². The first-order chi connectivity index (χ1) is 22.0. The van der Waals surface area contributed by atoms with Crippen molar-refractivity contribution >= 4 is 17.5 Å². The zero-order valence-corrected chi connectivity index (χ0v) is 26.6. The SMILES string of the molecule is COc1cc(-c2cccc(-c3cccc(NC(=O)c4cn(C)c(=O)n(C)c4=O)c3C)c2C)cc(F)c1CNCC1CCNC(=O)C1. The van der Waals surface area contributed by atoms with Crippen LogP contribution in [0, 0.1) is 25.6 Å². The van der Waals surface area contributed by atoms with Crippen LogP contribution in [0.4, 0.5) is 10.1 Å². The monoisotopic (exact) mass is 627 g/mol. The molecule has 1 fully saturated rings. The van der Waals surface area contributed by atoms with Gasteiger partial charge in [-0.2, -0.15) is 0 Å². The van der Waals surface area contributed by atoms with Gasteiger partial charge < -0.3 is 25.3 Å². The molecule has 4 aromatic rings. The van der Waals surface area contributed by atoms with Gasteiger partial charge in [0.2, 0.25) is 5.91 Å². The van der Waals surface area contributed by atoms with Crippen LogP contribution in [0.3, 0.4) is 0 Å². The molecule has 1 saturated heterocycles. The molecule has 0 saturated carbocycles. The first-order valence-electron chi connectivity index (χ1n) is 15.1. The molecule has 1 aromatic heterocycles. The Morgan fingerprint density at radius 2 is 1.72 bits per heavy atom. The molecule has 0 spiro atoms. The van der Waals surface area contributed by atoms with Crippen molar-refractivity contribution in [2.45, 2.75) is 33.2 Å². The van der Waals surface area contributed by atoms with Crippen molar-refractivity contribution in [3.05, 3.63) is 104 Å². The Bertz CT molecular complexity index is 1950. The third kappa shape index (κ3) is 6.50. The number of nitrogens with one attached hydrogen (secondary N) is 3. The summed E-state index contributed by atoms with van der Waals surface area (Å²) in [6, 6.07) is 14.6. The molecule has 2 amide bonds. The molecular weight excluding hydrogens is 589 g/mol. The lowest BCUT2D eigenvalue weighted by Gasteiger charge is -2.22. The highest BCUT2D eigenvalue weighted by molar-refractivity contribution is 6.04. The van der Waals surface area contributed by atoms with Crippen molar-refractivity contribution in [2.24, 2.45) is 20.0 Å². The van der Waals surface area contributed by atoms with Crippen LogP contribution < -0.4 is 31.9 Å². The maximum Gasteiger partial charge on any atom is 0.330 e. The highest BCUT2D eigenvalue weighted by atomic mass is 19.1. The number of aryl methyl sites for hydroxylation is 1. The number of methoxy groups -OCH3 is 1. The predicted octanol–water partition coefficient (Wildman–Crippen LogP) is 4.05. The molecule has 0 bridgehead atoms. The van der Waals surface area contributed by atoms with Crippen molar-refractivity contribution in [1.29, 1.82) is 0 Å². The average Bonchev–Trinajstić information content (AvgIpc) is 3.03. The van der Waals surface area contributed by atoms with E-state index in [2.05, 4.69) is 16.0 Å². The van der Waals surface area contributed by atoms with Crippen molar-refractivity contribution in [2.75, 3.05) is 25.5 Å². The minimum atomic E-state index is -0.680. The van der Waals surface area contributed by atoms with E-state index in [1.54, 1.807) is 6.07 Å². The summed E-state index contributed by atoms with van der Waals surface area (Å²) in [6.07, 6.45) is 2.58. The van der Waals surface area contributed by atoms with Gasteiger partial charge in [0.05, 0.1) is 7.11 Å². The van der Waals surface area contributed by atoms with E-state index in [9.17, 15) is 19.2 Å². The maximum atomic E-state index is 15.6. The fourth-order valence-corrected chi connectivity index (χ4v) is 6.00. The molecule has 0 radical (unpaired) electrons. The molecule has 11 heteroatoms. The smallest absolute Gasteiger partial charge is 0.330 e. The van der Waals surface area contributed by atoms with Crippen LogP contribution in [0.5, 0.6) is 5.75 Å². The lowest BCUT2D eigenvalue weighted by Crippen LogP contribution is -2.40. The summed E-state index contributed by atoms with van der Waals surface area (Å²) in [6.45, 7) is 5.38. The minimum absolute atomic E-state index is 0.0452. The Kier molecular flexibility index (Phi) is 9.52. The number of benzene rings is 3. The molecule has 1 aliphatic rings. The lowest BCUT2D eigenvalue weighted by atomic mass is 9.90. The first-order valence-corrected chi connectivity index (χ1v) is 15.1. The second-order valence-corrected chi connectivity index (χ2v) is 11.7. The number of rotatable bonds is 9. The van der Waals surface area contributed by atoms with Gasteiger partial charge in [-0.3, -0.25) is 19.0 Å². The lowest BCUT2D eigenvalue weighted by molar-refractivity contribution is -0.123. The van der Waals surface area contributed by atoms with Crippen LogP contribution in [0.1, 0.15) is 39.9 Å². The quantitative estimate of drug-likeness (QED) is 0.257. The van der Waals surface area contributed by atoms with Gasteiger partial charge in [0.25, 0.3) is 11.5 Å². The number of aromatic nitrogens is 2. The third-order valence-electron chi connectivity index (χ3n) is 8.67. The van der Waals surface area contributed by atoms with E-state index >= 15 is 4.39 Å². The summed E-state index contributed by atoms with van der Waals surface area (Å²) in [4.78, 5) is 49.5. The fraction of sp³-hybridized carbons (Fsp3) is 0.314. The van der Waals surface area contributed by atoms with Crippen molar-refractivity contribution in [1.82, 2.24) is 19.8 Å².